The Labute approximate surface area is 99.3 Å². The summed E-state index contributed by atoms with van der Waals surface area (Å²) >= 11 is 0. The van der Waals surface area contributed by atoms with Crippen LogP contribution in [0.5, 0.6) is 0 Å². The summed E-state index contributed by atoms with van der Waals surface area (Å²) in [4.78, 5) is 19.8. The molecule has 0 atom stereocenters. The molecule has 1 aromatic carbocycles. The first-order valence-electron chi connectivity index (χ1n) is 5.19. The van der Waals surface area contributed by atoms with Gasteiger partial charge >= 0.3 is 5.97 Å². The quantitative estimate of drug-likeness (QED) is 0.740. The van der Waals surface area contributed by atoms with Crippen molar-refractivity contribution in [3.63, 3.8) is 0 Å². The monoisotopic (exact) mass is 228 g/mol. The molecule has 1 aromatic heterocycles. The number of aryl methyl sites for hydroxylation is 1. The first-order valence-corrected chi connectivity index (χ1v) is 5.19. The maximum atomic E-state index is 11.6. The zero-order valence-corrected chi connectivity index (χ0v) is 9.68. The summed E-state index contributed by atoms with van der Waals surface area (Å²) in [6.45, 7) is 1.96. The van der Waals surface area contributed by atoms with Gasteiger partial charge in [-0.15, -0.1) is 0 Å². The number of esters is 1. The smallest absolute Gasteiger partial charge is 0.358 e. The molecule has 0 unspecified atom stereocenters. The molecule has 0 N–H and O–H groups in total. The van der Waals surface area contributed by atoms with Gasteiger partial charge in [0.1, 0.15) is 5.69 Å². The standard InChI is InChI=1S/C13H12N2O2/c1-9-5-3-4-6-10(9)11-12(13(16)17-2)15-8-7-14-11/h3-8H,1-2H3. The van der Waals surface area contributed by atoms with E-state index in [0.717, 1.165) is 11.1 Å². The van der Waals surface area contributed by atoms with Gasteiger partial charge in [0.15, 0.2) is 5.69 Å². The van der Waals surface area contributed by atoms with Crippen LogP contribution in [-0.2, 0) is 4.74 Å². The van der Waals surface area contributed by atoms with Crippen molar-refractivity contribution in [3.8, 4) is 11.3 Å². The molecule has 0 spiro atoms. The highest BCUT2D eigenvalue weighted by Crippen LogP contribution is 2.23. The number of aromatic nitrogens is 2. The molecule has 17 heavy (non-hydrogen) atoms. The minimum atomic E-state index is -0.476. The Morgan fingerprint density at radius 2 is 1.88 bits per heavy atom. The second kappa shape index (κ2) is 4.74. The second-order valence-corrected chi connectivity index (χ2v) is 3.56. The number of hydrogen-bond acceptors (Lipinski definition) is 4. The van der Waals surface area contributed by atoms with Crippen molar-refractivity contribution in [1.29, 1.82) is 0 Å². The zero-order valence-electron chi connectivity index (χ0n) is 9.68. The first-order chi connectivity index (χ1) is 8.24. The van der Waals surface area contributed by atoms with E-state index in [1.807, 2.05) is 31.2 Å². The Balaban J connectivity index is 2.60. The summed E-state index contributed by atoms with van der Waals surface area (Å²) < 4.78 is 4.70. The molecule has 86 valence electrons. The maximum Gasteiger partial charge on any atom is 0.358 e. The van der Waals surface area contributed by atoms with Crippen molar-refractivity contribution in [2.75, 3.05) is 7.11 Å². The number of nitrogens with zero attached hydrogens (tertiary/aromatic N) is 2. The Morgan fingerprint density at radius 3 is 2.59 bits per heavy atom. The molecule has 0 bridgehead atoms. The maximum absolute atomic E-state index is 11.6. The van der Waals surface area contributed by atoms with Gasteiger partial charge in [-0.2, -0.15) is 0 Å². The van der Waals surface area contributed by atoms with E-state index in [-0.39, 0.29) is 5.69 Å². The van der Waals surface area contributed by atoms with Crippen LogP contribution in [0.25, 0.3) is 11.3 Å². The number of methoxy groups -OCH3 is 1. The van der Waals surface area contributed by atoms with Crippen molar-refractivity contribution < 1.29 is 9.53 Å². The van der Waals surface area contributed by atoms with E-state index < -0.39 is 5.97 Å². The molecule has 2 aromatic rings. The molecule has 0 fully saturated rings. The Hall–Kier alpha value is -2.23. The molecule has 0 aliphatic rings. The summed E-state index contributed by atoms with van der Waals surface area (Å²) in [6.07, 6.45) is 3.04. The van der Waals surface area contributed by atoms with Crippen LogP contribution < -0.4 is 0 Å². The lowest BCUT2D eigenvalue weighted by Gasteiger charge is -2.07. The summed E-state index contributed by atoms with van der Waals surface area (Å²) in [5, 5.41) is 0. The van der Waals surface area contributed by atoms with Gasteiger partial charge < -0.3 is 4.74 Å². The summed E-state index contributed by atoms with van der Waals surface area (Å²) in [6, 6.07) is 7.71. The van der Waals surface area contributed by atoms with Gasteiger partial charge in [0.05, 0.1) is 7.11 Å². The predicted molar refractivity (Wildman–Crippen MR) is 63.5 cm³/mol. The summed E-state index contributed by atoms with van der Waals surface area (Å²) in [7, 11) is 1.33. The highest BCUT2D eigenvalue weighted by atomic mass is 16.5. The lowest BCUT2D eigenvalue weighted by atomic mass is 10.0. The average Bonchev–Trinajstić information content (AvgIpc) is 2.38. The van der Waals surface area contributed by atoms with E-state index in [0.29, 0.717) is 5.69 Å². The second-order valence-electron chi connectivity index (χ2n) is 3.56. The van der Waals surface area contributed by atoms with Gasteiger partial charge in [-0.1, -0.05) is 24.3 Å². The minimum Gasteiger partial charge on any atom is -0.464 e. The summed E-state index contributed by atoms with van der Waals surface area (Å²) in [5.41, 5.74) is 2.72. The molecule has 0 aliphatic heterocycles. The van der Waals surface area contributed by atoms with Crippen LogP contribution in [0.4, 0.5) is 0 Å². The fraction of sp³-hybridized carbons (Fsp3) is 0.154. The van der Waals surface area contributed by atoms with Crippen LogP contribution in [0, 0.1) is 6.92 Å². The van der Waals surface area contributed by atoms with Crippen molar-refractivity contribution in [3.05, 3.63) is 47.9 Å². The third-order valence-electron chi connectivity index (χ3n) is 2.48. The molecule has 0 aliphatic carbocycles. The van der Waals surface area contributed by atoms with Gasteiger partial charge in [-0.3, -0.25) is 4.98 Å². The molecule has 0 saturated heterocycles. The van der Waals surface area contributed by atoms with Crippen molar-refractivity contribution in [1.82, 2.24) is 9.97 Å². The Morgan fingerprint density at radius 1 is 1.18 bits per heavy atom. The molecular weight excluding hydrogens is 216 g/mol. The van der Waals surface area contributed by atoms with E-state index in [1.165, 1.54) is 13.3 Å². The lowest BCUT2D eigenvalue weighted by molar-refractivity contribution is 0.0594. The van der Waals surface area contributed by atoms with Crippen LogP contribution in [-0.4, -0.2) is 23.0 Å². The lowest BCUT2D eigenvalue weighted by Crippen LogP contribution is -2.08. The fourth-order valence-corrected chi connectivity index (χ4v) is 1.62. The van der Waals surface area contributed by atoms with E-state index in [4.69, 9.17) is 4.74 Å². The van der Waals surface area contributed by atoms with Crippen LogP contribution in [0.2, 0.25) is 0 Å². The minimum absolute atomic E-state index is 0.240. The molecule has 0 amide bonds. The van der Waals surface area contributed by atoms with Gasteiger partial charge in [0, 0.05) is 18.0 Å². The topological polar surface area (TPSA) is 52.1 Å². The number of hydrogen-bond donors (Lipinski definition) is 0. The summed E-state index contributed by atoms with van der Waals surface area (Å²) in [5.74, 6) is -0.476. The number of benzene rings is 1. The number of ether oxygens (including phenoxy) is 1. The third kappa shape index (κ3) is 2.15. The van der Waals surface area contributed by atoms with E-state index in [1.54, 1.807) is 6.20 Å². The van der Waals surface area contributed by atoms with E-state index in [2.05, 4.69) is 9.97 Å². The van der Waals surface area contributed by atoms with Gasteiger partial charge in [-0.05, 0) is 12.5 Å². The normalized spacial score (nSPS) is 10.0. The van der Waals surface area contributed by atoms with Crippen molar-refractivity contribution in [2.24, 2.45) is 0 Å². The predicted octanol–water partition coefficient (Wildman–Crippen LogP) is 2.24. The highest BCUT2D eigenvalue weighted by Gasteiger charge is 2.16. The van der Waals surface area contributed by atoms with Crippen LogP contribution >= 0.6 is 0 Å². The van der Waals surface area contributed by atoms with Crippen LogP contribution in [0.3, 0.4) is 0 Å². The molecule has 2 rings (SSSR count). The third-order valence-corrected chi connectivity index (χ3v) is 2.48. The molecule has 0 saturated carbocycles. The molecule has 0 radical (unpaired) electrons. The van der Waals surface area contributed by atoms with E-state index in [9.17, 15) is 4.79 Å². The first kappa shape index (κ1) is 11.3. The fourth-order valence-electron chi connectivity index (χ4n) is 1.62. The van der Waals surface area contributed by atoms with Gasteiger partial charge in [-0.25, -0.2) is 9.78 Å². The van der Waals surface area contributed by atoms with Crippen molar-refractivity contribution >= 4 is 5.97 Å². The highest BCUT2D eigenvalue weighted by molar-refractivity contribution is 5.94. The Bertz CT molecular complexity index is 553. The molecule has 1 heterocycles. The molecule has 4 nitrogen and oxygen atoms in total. The number of carbonyl (C=O) groups excluding carboxylic acids is 1. The van der Waals surface area contributed by atoms with E-state index >= 15 is 0 Å². The zero-order chi connectivity index (χ0) is 12.3. The van der Waals surface area contributed by atoms with Crippen LogP contribution in [0.1, 0.15) is 16.1 Å². The largest absolute Gasteiger partial charge is 0.464 e. The van der Waals surface area contributed by atoms with Gasteiger partial charge in [0.2, 0.25) is 0 Å². The van der Waals surface area contributed by atoms with Crippen molar-refractivity contribution in [2.45, 2.75) is 6.92 Å². The number of carbonyl (C=O) groups is 1. The van der Waals surface area contributed by atoms with Gasteiger partial charge in [0.25, 0.3) is 0 Å². The molecular formula is C13H12N2O2. The van der Waals surface area contributed by atoms with Crippen LogP contribution in [0.15, 0.2) is 36.7 Å². The number of rotatable bonds is 2. The average molecular weight is 228 g/mol. The molecule has 4 heteroatoms. The SMILES string of the molecule is COC(=O)c1nccnc1-c1ccccc1C. The Kier molecular flexibility index (Phi) is 3.14.